The molecule has 8 heavy (non-hydrogen) atoms. The normalized spacial score (nSPS) is 19.2. The molecule has 1 radical (unpaired) electrons. The molecule has 0 fully saturated rings. The van der Waals surface area contributed by atoms with E-state index in [1.165, 1.54) is 0 Å². The van der Waals surface area contributed by atoms with E-state index in [9.17, 15) is 0 Å². The Bertz CT molecular complexity index is 154. The van der Waals surface area contributed by atoms with Gasteiger partial charge in [0, 0.05) is 7.05 Å². The van der Waals surface area contributed by atoms with Crippen LogP contribution < -0.4 is 5.43 Å². The zero-order chi connectivity index (χ0) is 5.98. The molecule has 0 aromatic heterocycles. The van der Waals surface area contributed by atoms with Crippen molar-refractivity contribution in [3.8, 4) is 6.07 Å². The van der Waals surface area contributed by atoms with E-state index in [1.54, 1.807) is 5.01 Å². The highest BCUT2D eigenvalue weighted by Gasteiger charge is 2.07. The molecule has 0 saturated heterocycles. The van der Waals surface area contributed by atoms with Gasteiger partial charge in [0.05, 0.1) is 24.4 Å². The summed E-state index contributed by atoms with van der Waals surface area (Å²) < 4.78 is 0. The van der Waals surface area contributed by atoms with Crippen molar-refractivity contribution in [3.05, 3.63) is 11.8 Å². The molecule has 0 atom stereocenters. The maximum atomic E-state index is 8.27. The SMILES string of the molecule is CN1CC(C#N)=[C]N1. The first-order chi connectivity index (χ1) is 3.83. The number of hydrogen-bond donors (Lipinski definition) is 1. The Labute approximate surface area is 48.2 Å². The van der Waals surface area contributed by atoms with Gasteiger partial charge in [-0.05, 0) is 0 Å². The maximum Gasteiger partial charge on any atom is 0.0984 e. The van der Waals surface area contributed by atoms with E-state index < -0.39 is 0 Å². The van der Waals surface area contributed by atoms with Gasteiger partial charge in [0.1, 0.15) is 0 Å². The van der Waals surface area contributed by atoms with Gasteiger partial charge < -0.3 is 5.43 Å². The van der Waals surface area contributed by atoms with Gasteiger partial charge in [0.2, 0.25) is 0 Å². The molecule has 1 heterocycles. The smallest absolute Gasteiger partial charge is 0.0984 e. The predicted molar refractivity (Wildman–Crippen MR) is 28.1 cm³/mol. The standard InChI is InChI=1S/C5H6N3/c1-8-4-5(2-6)3-7-8/h7H,4H2,1H3. The maximum absolute atomic E-state index is 8.27. The van der Waals surface area contributed by atoms with Crippen molar-refractivity contribution in [2.75, 3.05) is 13.6 Å². The molecule has 1 aliphatic heterocycles. The molecule has 1 rings (SSSR count). The minimum Gasteiger partial charge on any atom is -0.316 e. The summed E-state index contributed by atoms with van der Waals surface area (Å²) in [6.07, 6.45) is 2.69. The fourth-order valence-electron chi connectivity index (χ4n) is 0.542. The summed E-state index contributed by atoms with van der Waals surface area (Å²) in [7, 11) is 1.86. The van der Waals surface area contributed by atoms with Gasteiger partial charge in [-0.25, -0.2) is 5.01 Å². The van der Waals surface area contributed by atoms with Crippen LogP contribution in [0.3, 0.4) is 0 Å². The van der Waals surface area contributed by atoms with Gasteiger partial charge in [-0.3, -0.25) is 0 Å². The highest BCUT2D eigenvalue weighted by molar-refractivity contribution is 5.20. The molecule has 0 saturated carbocycles. The highest BCUT2D eigenvalue weighted by atomic mass is 15.5. The summed E-state index contributed by atoms with van der Waals surface area (Å²) in [5, 5.41) is 10.1. The molecular formula is C5H6N3. The quantitative estimate of drug-likeness (QED) is 0.461. The molecule has 0 bridgehead atoms. The Morgan fingerprint density at radius 2 is 2.75 bits per heavy atom. The van der Waals surface area contributed by atoms with E-state index in [0.717, 1.165) is 0 Å². The molecule has 0 aromatic carbocycles. The summed E-state index contributed by atoms with van der Waals surface area (Å²) in [5.41, 5.74) is 3.40. The van der Waals surface area contributed by atoms with Gasteiger partial charge in [-0.1, -0.05) is 0 Å². The molecule has 1 N–H and O–H groups in total. The van der Waals surface area contributed by atoms with E-state index in [4.69, 9.17) is 5.26 Å². The summed E-state index contributed by atoms with van der Waals surface area (Å²) in [6, 6.07) is 2.00. The van der Waals surface area contributed by atoms with Crippen molar-refractivity contribution in [1.82, 2.24) is 10.4 Å². The Hall–Kier alpha value is -1.01. The topological polar surface area (TPSA) is 39.1 Å². The van der Waals surface area contributed by atoms with Crippen LogP contribution in [0.25, 0.3) is 0 Å². The number of rotatable bonds is 0. The van der Waals surface area contributed by atoms with Crippen LogP contribution in [0.4, 0.5) is 0 Å². The molecule has 3 nitrogen and oxygen atoms in total. The number of nitriles is 1. The zero-order valence-electron chi connectivity index (χ0n) is 4.60. The molecule has 3 heteroatoms. The van der Waals surface area contributed by atoms with E-state index in [0.29, 0.717) is 12.1 Å². The minimum absolute atomic E-state index is 0.660. The van der Waals surface area contributed by atoms with E-state index in [2.05, 4.69) is 11.6 Å². The van der Waals surface area contributed by atoms with E-state index in [1.807, 2.05) is 13.1 Å². The lowest BCUT2D eigenvalue weighted by atomic mass is 10.3. The molecular weight excluding hydrogens is 102 g/mol. The summed E-state index contributed by atoms with van der Waals surface area (Å²) in [6.45, 7) is 0.663. The molecule has 0 spiro atoms. The Kier molecular flexibility index (Phi) is 1.18. The van der Waals surface area contributed by atoms with Crippen molar-refractivity contribution >= 4 is 0 Å². The van der Waals surface area contributed by atoms with Crippen LogP contribution in [0.5, 0.6) is 0 Å². The van der Waals surface area contributed by atoms with Crippen LogP contribution in [0.15, 0.2) is 5.57 Å². The third-order valence-corrected chi connectivity index (χ3v) is 0.928. The van der Waals surface area contributed by atoms with Crippen LogP contribution in [0.2, 0.25) is 0 Å². The first-order valence-electron chi connectivity index (χ1n) is 2.31. The lowest BCUT2D eigenvalue weighted by Gasteiger charge is -2.04. The number of likely N-dealkylation sites (N-methyl/N-ethyl adjacent to an activating group) is 1. The number of hydrazine groups is 1. The second-order valence-corrected chi connectivity index (χ2v) is 1.68. The Morgan fingerprint density at radius 1 is 2.00 bits per heavy atom. The number of nitrogens with zero attached hydrogens (tertiary/aromatic N) is 2. The van der Waals surface area contributed by atoms with Crippen LogP contribution in [-0.2, 0) is 0 Å². The van der Waals surface area contributed by atoms with Gasteiger partial charge in [-0.15, -0.1) is 0 Å². The third-order valence-electron chi connectivity index (χ3n) is 0.928. The molecule has 1 aliphatic rings. The molecule has 0 aromatic rings. The first-order valence-corrected chi connectivity index (χ1v) is 2.31. The van der Waals surface area contributed by atoms with Gasteiger partial charge in [0.25, 0.3) is 0 Å². The molecule has 0 unspecified atom stereocenters. The van der Waals surface area contributed by atoms with Crippen molar-refractivity contribution in [2.45, 2.75) is 0 Å². The average molecular weight is 108 g/mol. The molecule has 0 aliphatic carbocycles. The summed E-state index contributed by atoms with van der Waals surface area (Å²) >= 11 is 0. The van der Waals surface area contributed by atoms with E-state index in [-0.39, 0.29) is 0 Å². The zero-order valence-corrected chi connectivity index (χ0v) is 4.60. The average Bonchev–Trinajstić information content (AvgIpc) is 2.14. The fraction of sp³-hybridized carbons (Fsp3) is 0.400. The van der Waals surface area contributed by atoms with Gasteiger partial charge >= 0.3 is 0 Å². The Morgan fingerprint density at radius 3 is 3.00 bits per heavy atom. The lowest BCUT2D eigenvalue weighted by Crippen LogP contribution is -2.24. The second kappa shape index (κ2) is 1.85. The lowest BCUT2D eigenvalue weighted by molar-refractivity contribution is 0.325. The second-order valence-electron chi connectivity index (χ2n) is 1.68. The number of nitrogens with one attached hydrogen (secondary N) is 1. The van der Waals surface area contributed by atoms with Crippen LogP contribution in [0, 0.1) is 17.5 Å². The molecule has 0 amide bonds. The highest BCUT2D eigenvalue weighted by Crippen LogP contribution is 1.97. The fourth-order valence-corrected chi connectivity index (χ4v) is 0.542. The summed E-state index contributed by atoms with van der Waals surface area (Å²) in [4.78, 5) is 0. The predicted octanol–water partition coefficient (Wildman–Crippen LogP) is -0.353. The minimum atomic E-state index is 0.660. The first kappa shape index (κ1) is 5.13. The number of hydrogen-bond acceptors (Lipinski definition) is 3. The molecule has 41 valence electrons. The van der Waals surface area contributed by atoms with Crippen LogP contribution in [-0.4, -0.2) is 18.6 Å². The van der Waals surface area contributed by atoms with Crippen LogP contribution in [0.1, 0.15) is 0 Å². The van der Waals surface area contributed by atoms with E-state index >= 15 is 0 Å². The third kappa shape index (κ3) is 0.796. The van der Waals surface area contributed by atoms with Gasteiger partial charge in [0.15, 0.2) is 0 Å². The monoisotopic (exact) mass is 108 g/mol. The van der Waals surface area contributed by atoms with Crippen molar-refractivity contribution < 1.29 is 0 Å². The van der Waals surface area contributed by atoms with Crippen molar-refractivity contribution in [2.24, 2.45) is 0 Å². The van der Waals surface area contributed by atoms with Crippen molar-refractivity contribution in [3.63, 3.8) is 0 Å². The van der Waals surface area contributed by atoms with Gasteiger partial charge in [-0.2, -0.15) is 5.26 Å². The summed E-state index contributed by atoms with van der Waals surface area (Å²) in [5.74, 6) is 0. The van der Waals surface area contributed by atoms with Crippen LogP contribution >= 0.6 is 0 Å². The van der Waals surface area contributed by atoms with Crippen molar-refractivity contribution in [1.29, 1.82) is 5.26 Å². The largest absolute Gasteiger partial charge is 0.316 e. The Balaban J connectivity index is 2.53.